The molecule has 1 heterocycles. The number of carboxylic acids is 1. The molecule has 1 saturated heterocycles. The summed E-state index contributed by atoms with van der Waals surface area (Å²) in [5.41, 5.74) is 3.82. The number of aryl methyl sites for hydroxylation is 2. The molecular formula is C14H20N2O2. The molecule has 1 fully saturated rings. The number of hydrogen-bond acceptors (Lipinski definition) is 3. The van der Waals surface area contributed by atoms with Crippen LogP contribution >= 0.6 is 0 Å². The maximum Gasteiger partial charge on any atom is 0.317 e. The molecule has 0 aromatic heterocycles. The summed E-state index contributed by atoms with van der Waals surface area (Å²) in [5.74, 6) is -0.792. The van der Waals surface area contributed by atoms with Crippen molar-refractivity contribution < 1.29 is 9.90 Å². The van der Waals surface area contributed by atoms with Crippen LogP contribution in [0, 0.1) is 13.8 Å². The lowest BCUT2D eigenvalue weighted by atomic mass is 10.1. The number of nitrogens with zero attached hydrogens (tertiary/aromatic N) is 1. The second-order valence-corrected chi connectivity index (χ2v) is 5.00. The number of benzene rings is 1. The van der Waals surface area contributed by atoms with E-state index in [9.17, 15) is 4.79 Å². The molecule has 98 valence electrons. The lowest BCUT2D eigenvalue weighted by molar-refractivity contribution is -0.136. The Hall–Kier alpha value is -1.55. The number of hydrogen-bond donors (Lipinski definition) is 2. The third-order valence-electron chi connectivity index (χ3n) is 3.42. The van der Waals surface area contributed by atoms with Crippen LogP contribution in [0.2, 0.25) is 0 Å². The summed E-state index contributed by atoms with van der Waals surface area (Å²) in [6.45, 7) is 6.14. The van der Waals surface area contributed by atoms with Gasteiger partial charge in [-0.05, 0) is 31.9 Å². The van der Waals surface area contributed by atoms with Gasteiger partial charge in [0.05, 0.1) is 6.54 Å². The van der Waals surface area contributed by atoms with Crippen molar-refractivity contribution in [1.29, 1.82) is 0 Å². The molecule has 0 saturated carbocycles. The van der Waals surface area contributed by atoms with Gasteiger partial charge >= 0.3 is 5.97 Å². The molecule has 2 rings (SSSR count). The fraction of sp³-hybridized carbons (Fsp3) is 0.500. The third kappa shape index (κ3) is 3.01. The molecule has 0 amide bonds. The van der Waals surface area contributed by atoms with Crippen LogP contribution < -0.4 is 10.2 Å². The Bertz CT molecular complexity index is 445. The third-order valence-corrected chi connectivity index (χ3v) is 3.42. The van der Waals surface area contributed by atoms with Gasteiger partial charge in [-0.25, -0.2) is 0 Å². The van der Waals surface area contributed by atoms with Gasteiger partial charge in [0.25, 0.3) is 0 Å². The summed E-state index contributed by atoms with van der Waals surface area (Å²) in [7, 11) is 0. The first-order chi connectivity index (χ1) is 8.56. The molecule has 1 unspecified atom stereocenters. The molecule has 1 aliphatic heterocycles. The molecule has 1 aliphatic rings. The number of aliphatic carboxylic acids is 1. The van der Waals surface area contributed by atoms with Crippen molar-refractivity contribution in [3.63, 3.8) is 0 Å². The predicted molar refractivity (Wildman–Crippen MR) is 72.2 cm³/mol. The van der Waals surface area contributed by atoms with Crippen LogP contribution in [0.3, 0.4) is 0 Å². The summed E-state index contributed by atoms with van der Waals surface area (Å²) < 4.78 is 0. The number of carboxylic acid groups (broad SMARTS) is 1. The lowest BCUT2D eigenvalue weighted by Crippen LogP contribution is -2.36. The van der Waals surface area contributed by atoms with Crippen LogP contribution in [0.5, 0.6) is 0 Å². The van der Waals surface area contributed by atoms with Crippen LogP contribution in [-0.4, -0.2) is 36.8 Å². The first-order valence-corrected chi connectivity index (χ1v) is 6.33. The van der Waals surface area contributed by atoms with Crippen molar-refractivity contribution in [3.05, 3.63) is 29.3 Å². The normalized spacial score (nSPS) is 19.2. The van der Waals surface area contributed by atoms with Crippen LogP contribution in [-0.2, 0) is 4.79 Å². The molecule has 0 bridgehead atoms. The molecular weight excluding hydrogens is 228 g/mol. The van der Waals surface area contributed by atoms with Crippen LogP contribution in [0.4, 0.5) is 5.69 Å². The summed E-state index contributed by atoms with van der Waals surface area (Å²) in [5, 5.41) is 11.7. The van der Waals surface area contributed by atoms with E-state index in [1.807, 2.05) is 0 Å². The Morgan fingerprint density at radius 2 is 2.28 bits per heavy atom. The van der Waals surface area contributed by atoms with Crippen molar-refractivity contribution in [2.75, 3.05) is 24.5 Å². The fourth-order valence-corrected chi connectivity index (χ4v) is 2.54. The Kier molecular flexibility index (Phi) is 3.87. The molecule has 1 atom stereocenters. The van der Waals surface area contributed by atoms with Crippen molar-refractivity contribution in [2.45, 2.75) is 26.3 Å². The monoisotopic (exact) mass is 248 g/mol. The van der Waals surface area contributed by atoms with Crippen molar-refractivity contribution >= 4 is 11.7 Å². The number of carbonyl (C=O) groups is 1. The van der Waals surface area contributed by atoms with Crippen molar-refractivity contribution in [2.24, 2.45) is 0 Å². The highest BCUT2D eigenvalue weighted by atomic mass is 16.4. The van der Waals surface area contributed by atoms with Gasteiger partial charge in [0.1, 0.15) is 0 Å². The molecule has 18 heavy (non-hydrogen) atoms. The first kappa shape index (κ1) is 12.9. The van der Waals surface area contributed by atoms with E-state index in [4.69, 9.17) is 5.11 Å². The largest absolute Gasteiger partial charge is 0.480 e. The average molecular weight is 248 g/mol. The maximum atomic E-state index is 10.5. The summed E-state index contributed by atoms with van der Waals surface area (Å²) in [4.78, 5) is 12.9. The van der Waals surface area contributed by atoms with Crippen LogP contribution in [0.15, 0.2) is 18.2 Å². The maximum absolute atomic E-state index is 10.5. The number of rotatable bonds is 4. The number of anilines is 1. The zero-order valence-corrected chi connectivity index (χ0v) is 10.9. The van der Waals surface area contributed by atoms with E-state index >= 15 is 0 Å². The van der Waals surface area contributed by atoms with E-state index in [2.05, 4.69) is 42.3 Å². The molecule has 0 radical (unpaired) electrons. The molecule has 1 aromatic rings. The topological polar surface area (TPSA) is 52.6 Å². The van der Waals surface area contributed by atoms with Crippen molar-refractivity contribution in [1.82, 2.24) is 5.32 Å². The van der Waals surface area contributed by atoms with Crippen molar-refractivity contribution in [3.8, 4) is 0 Å². The average Bonchev–Trinajstić information content (AvgIpc) is 2.75. The second-order valence-electron chi connectivity index (χ2n) is 5.00. The smallest absolute Gasteiger partial charge is 0.317 e. The molecule has 4 nitrogen and oxygen atoms in total. The van der Waals surface area contributed by atoms with Gasteiger partial charge in [-0.1, -0.05) is 17.7 Å². The van der Waals surface area contributed by atoms with Crippen LogP contribution in [0.25, 0.3) is 0 Å². The minimum absolute atomic E-state index is 0.0470. The van der Waals surface area contributed by atoms with E-state index < -0.39 is 5.97 Å². The Balaban J connectivity index is 1.97. The SMILES string of the molecule is Cc1ccc(N2CCC(NCC(=O)O)C2)c(C)c1. The highest BCUT2D eigenvalue weighted by molar-refractivity contribution is 5.69. The van der Waals surface area contributed by atoms with Gasteiger partial charge in [0.2, 0.25) is 0 Å². The highest BCUT2D eigenvalue weighted by Crippen LogP contribution is 2.24. The van der Waals surface area contributed by atoms with Gasteiger partial charge in [0.15, 0.2) is 0 Å². The minimum atomic E-state index is -0.792. The van der Waals surface area contributed by atoms with Gasteiger partial charge in [0, 0.05) is 24.8 Å². The minimum Gasteiger partial charge on any atom is -0.480 e. The Morgan fingerprint density at radius 1 is 1.50 bits per heavy atom. The zero-order chi connectivity index (χ0) is 13.1. The standard InChI is InChI=1S/C14H20N2O2/c1-10-3-4-13(11(2)7-10)16-6-5-12(9-16)15-8-14(17)18/h3-4,7,12,15H,5-6,8-9H2,1-2H3,(H,17,18). The van der Waals surface area contributed by atoms with E-state index in [1.54, 1.807) is 0 Å². The molecule has 0 spiro atoms. The fourth-order valence-electron chi connectivity index (χ4n) is 2.54. The summed E-state index contributed by atoms with van der Waals surface area (Å²) >= 11 is 0. The molecule has 0 aliphatic carbocycles. The van der Waals surface area contributed by atoms with Crippen LogP contribution in [0.1, 0.15) is 17.5 Å². The molecule has 1 aromatic carbocycles. The molecule has 4 heteroatoms. The predicted octanol–water partition coefficient (Wildman–Crippen LogP) is 1.56. The van der Waals surface area contributed by atoms with Gasteiger partial charge < -0.3 is 15.3 Å². The second kappa shape index (κ2) is 5.40. The van der Waals surface area contributed by atoms with Gasteiger partial charge in [-0.15, -0.1) is 0 Å². The Morgan fingerprint density at radius 3 is 2.94 bits per heavy atom. The lowest BCUT2D eigenvalue weighted by Gasteiger charge is -2.21. The quantitative estimate of drug-likeness (QED) is 0.849. The highest BCUT2D eigenvalue weighted by Gasteiger charge is 2.23. The Labute approximate surface area is 108 Å². The summed E-state index contributed by atoms with van der Waals surface area (Å²) in [6.07, 6.45) is 1.00. The van der Waals surface area contributed by atoms with E-state index in [0.29, 0.717) is 0 Å². The number of nitrogens with one attached hydrogen (secondary N) is 1. The van der Waals surface area contributed by atoms with E-state index in [1.165, 1.54) is 16.8 Å². The first-order valence-electron chi connectivity index (χ1n) is 6.33. The molecule has 2 N–H and O–H groups in total. The van der Waals surface area contributed by atoms with E-state index in [0.717, 1.165) is 19.5 Å². The van der Waals surface area contributed by atoms with Gasteiger partial charge in [-0.2, -0.15) is 0 Å². The van der Waals surface area contributed by atoms with E-state index in [-0.39, 0.29) is 12.6 Å². The zero-order valence-electron chi connectivity index (χ0n) is 10.9. The summed E-state index contributed by atoms with van der Waals surface area (Å²) in [6, 6.07) is 6.75. The van der Waals surface area contributed by atoms with Gasteiger partial charge in [-0.3, -0.25) is 4.79 Å².